The van der Waals surface area contributed by atoms with Crippen molar-refractivity contribution in [1.29, 1.82) is 0 Å². The molecule has 2 nitrogen and oxygen atoms in total. The van der Waals surface area contributed by atoms with Gasteiger partial charge in [0, 0.05) is 16.5 Å². The van der Waals surface area contributed by atoms with Crippen LogP contribution in [0.3, 0.4) is 0 Å². The SMILES string of the molecule is Cc1cc(C)c2c(c1)-c1nc3cccc(CC(C)C)c3cc1CO2. The van der Waals surface area contributed by atoms with E-state index < -0.39 is 0 Å². The number of hydrogen-bond donors (Lipinski definition) is 0. The van der Waals surface area contributed by atoms with Gasteiger partial charge in [0.05, 0.1) is 11.2 Å². The Kier molecular flexibility index (Phi) is 3.56. The van der Waals surface area contributed by atoms with Gasteiger partial charge in [0.25, 0.3) is 0 Å². The summed E-state index contributed by atoms with van der Waals surface area (Å²) in [6, 6.07) is 13.1. The molecule has 1 aliphatic heterocycles. The number of ether oxygens (including phenoxy) is 1. The zero-order valence-electron chi connectivity index (χ0n) is 14.8. The summed E-state index contributed by atoms with van der Waals surface area (Å²) in [6.07, 6.45) is 1.08. The first-order valence-electron chi connectivity index (χ1n) is 8.69. The van der Waals surface area contributed by atoms with Crippen molar-refractivity contribution in [3.8, 4) is 17.0 Å². The molecule has 4 rings (SSSR count). The number of nitrogens with zero attached hydrogens (tertiary/aromatic N) is 1. The fourth-order valence-electron chi connectivity index (χ4n) is 3.73. The van der Waals surface area contributed by atoms with E-state index in [1.807, 2.05) is 0 Å². The first-order chi connectivity index (χ1) is 11.5. The minimum absolute atomic E-state index is 0.602. The normalized spacial score (nSPS) is 12.9. The Hall–Kier alpha value is -2.35. The molecule has 0 atom stereocenters. The number of aryl methyl sites for hydroxylation is 2. The summed E-state index contributed by atoms with van der Waals surface area (Å²) in [5, 5.41) is 1.27. The van der Waals surface area contributed by atoms with Crippen molar-refractivity contribution in [3.05, 3.63) is 58.7 Å². The van der Waals surface area contributed by atoms with Crippen LogP contribution < -0.4 is 4.74 Å². The minimum atomic E-state index is 0.602. The highest BCUT2D eigenvalue weighted by atomic mass is 16.5. The average Bonchev–Trinajstić information content (AvgIpc) is 2.53. The van der Waals surface area contributed by atoms with E-state index in [1.165, 1.54) is 27.6 Å². The maximum atomic E-state index is 6.07. The molecule has 24 heavy (non-hydrogen) atoms. The molecule has 2 heterocycles. The highest BCUT2D eigenvalue weighted by Crippen LogP contribution is 2.40. The molecular weight excluding hydrogens is 294 g/mol. The van der Waals surface area contributed by atoms with Gasteiger partial charge in [-0.1, -0.05) is 32.0 Å². The Balaban J connectivity index is 1.95. The molecule has 1 aliphatic rings. The van der Waals surface area contributed by atoms with Crippen LogP contribution in [0, 0.1) is 19.8 Å². The van der Waals surface area contributed by atoms with Crippen LogP contribution in [0.25, 0.3) is 22.2 Å². The largest absolute Gasteiger partial charge is 0.488 e. The van der Waals surface area contributed by atoms with Gasteiger partial charge in [-0.05, 0) is 61.1 Å². The topological polar surface area (TPSA) is 22.1 Å². The lowest BCUT2D eigenvalue weighted by atomic mass is 9.94. The molecule has 1 aromatic heterocycles. The molecule has 0 N–H and O–H groups in total. The van der Waals surface area contributed by atoms with E-state index >= 15 is 0 Å². The van der Waals surface area contributed by atoms with Crippen LogP contribution in [0.1, 0.15) is 36.1 Å². The van der Waals surface area contributed by atoms with Crippen molar-refractivity contribution in [2.24, 2.45) is 5.92 Å². The molecule has 0 amide bonds. The van der Waals surface area contributed by atoms with E-state index in [1.54, 1.807) is 0 Å². The van der Waals surface area contributed by atoms with Gasteiger partial charge in [0.2, 0.25) is 0 Å². The Morgan fingerprint density at radius 1 is 1.12 bits per heavy atom. The predicted molar refractivity (Wildman–Crippen MR) is 99.5 cm³/mol. The van der Waals surface area contributed by atoms with Gasteiger partial charge in [0.1, 0.15) is 12.4 Å². The Morgan fingerprint density at radius 3 is 2.75 bits per heavy atom. The maximum Gasteiger partial charge on any atom is 0.132 e. The number of pyridine rings is 1. The van der Waals surface area contributed by atoms with Crippen molar-refractivity contribution >= 4 is 10.9 Å². The summed E-state index contributed by atoms with van der Waals surface area (Å²) in [5.41, 5.74) is 8.30. The number of benzene rings is 2. The number of fused-ring (bicyclic) bond motifs is 4. The third-order valence-electron chi connectivity index (χ3n) is 4.70. The lowest BCUT2D eigenvalue weighted by molar-refractivity contribution is 0.299. The van der Waals surface area contributed by atoms with Crippen molar-refractivity contribution in [1.82, 2.24) is 4.98 Å². The number of hydrogen-bond acceptors (Lipinski definition) is 2. The second kappa shape index (κ2) is 5.62. The summed E-state index contributed by atoms with van der Waals surface area (Å²) in [7, 11) is 0. The molecule has 0 aliphatic carbocycles. The molecule has 2 aromatic carbocycles. The highest BCUT2D eigenvalue weighted by Gasteiger charge is 2.22. The van der Waals surface area contributed by atoms with Gasteiger partial charge in [-0.25, -0.2) is 4.98 Å². The van der Waals surface area contributed by atoms with Crippen LogP contribution in [-0.2, 0) is 13.0 Å². The van der Waals surface area contributed by atoms with Gasteiger partial charge >= 0.3 is 0 Å². The van der Waals surface area contributed by atoms with E-state index in [0.717, 1.165) is 28.9 Å². The maximum absolute atomic E-state index is 6.07. The second-order valence-corrected chi connectivity index (χ2v) is 7.33. The van der Waals surface area contributed by atoms with Crippen molar-refractivity contribution < 1.29 is 4.74 Å². The quantitative estimate of drug-likeness (QED) is 0.613. The van der Waals surface area contributed by atoms with E-state index in [0.29, 0.717) is 12.5 Å². The van der Waals surface area contributed by atoms with Crippen molar-refractivity contribution in [2.45, 2.75) is 40.7 Å². The summed E-state index contributed by atoms with van der Waals surface area (Å²) in [6.45, 7) is 9.36. The fourth-order valence-corrected chi connectivity index (χ4v) is 3.73. The molecule has 0 radical (unpaired) electrons. The molecule has 0 spiro atoms. The molecule has 0 saturated carbocycles. The lowest BCUT2D eigenvalue weighted by Crippen LogP contribution is -2.09. The zero-order valence-corrected chi connectivity index (χ0v) is 14.8. The Morgan fingerprint density at radius 2 is 1.96 bits per heavy atom. The second-order valence-electron chi connectivity index (χ2n) is 7.33. The first kappa shape index (κ1) is 15.2. The Bertz CT molecular complexity index is 940. The first-order valence-corrected chi connectivity index (χ1v) is 8.69. The Labute approximate surface area is 143 Å². The molecule has 0 unspecified atom stereocenters. The standard InChI is InChI=1S/C22H23NO/c1-13(2)8-16-6-5-7-20-18(16)11-17-12-24-22-15(4)9-14(3)10-19(22)21(17)23-20/h5-7,9-11,13H,8,12H2,1-4H3. The van der Waals surface area contributed by atoms with Crippen molar-refractivity contribution in [2.75, 3.05) is 0 Å². The van der Waals surface area contributed by atoms with E-state index in [-0.39, 0.29) is 0 Å². The molecule has 0 fully saturated rings. The lowest BCUT2D eigenvalue weighted by Gasteiger charge is -2.23. The molecule has 3 aromatic rings. The molecule has 2 heteroatoms. The van der Waals surface area contributed by atoms with Gasteiger partial charge in [-0.3, -0.25) is 0 Å². The average molecular weight is 317 g/mol. The highest BCUT2D eigenvalue weighted by molar-refractivity contribution is 5.88. The van der Waals surface area contributed by atoms with Crippen LogP contribution in [0.15, 0.2) is 36.4 Å². The molecule has 0 saturated heterocycles. The summed E-state index contributed by atoms with van der Waals surface area (Å²) < 4.78 is 6.07. The van der Waals surface area contributed by atoms with Gasteiger partial charge in [-0.2, -0.15) is 0 Å². The molecule has 0 bridgehead atoms. The minimum Gasteiger partial charge on any atom is -0.488 e. The molecule has 122 valence electrons. The molecular formula is C22H23NO. The van der Waals surface area contributed by atoms with E-state index in [9.17, 15) is 0 Å². The zero-order chi connectivity index (χ0) is 16.8. The third kappa shape index (κ3) is 2.47. The smallest absolute Gasteiger partial charge is 0.132 e. The monoisotopic (exact) mass is 317 g/mol. The van der Waals surface area contributed by atoms with Crippen LogP contribution in [0.4, 0.5) is 0 Å². The summed E-state index contributed by atoms with van der Waals surface area (Å²) in [5.74, 6) is 1.62. The van der Waals surface area contributed by atoms with Gasteiger partial charge in [0.15, 0.2) is 0 Å². The number of aromatic nitrogens is 1. The van der Waals surface area contributed by atoms with Gasteiger partial charge in [-0.15, -0.1) is 0 Å². The fraction of sp³-hybridized carbons (Fsp3) is 0.318. The van der Waals surface area contributed by atoms with Crippen LogP contribution >= 0.6 is 0 Å². The van der Waals surface area contributed by atoms with Crippen LogP contribution in [0.2, 0.25) is 0 Å². The van der Waals surface area contributed by atoms with E-state index in [4.69, 9.17) is 9.72 Å². The third-order valence-corrected chi connectivity index (χ3v) is 4.70. The van der Waals surface area contributed by atoms with E-state index in [2.05, 4.69) is 64.1 Å². The number of rotatable bonds is 2. The van der Waals surface area contributed by atoms with Crippen LogP contribution in [0.5, 0.6) is 5.75 Å². The van der Waals surface area contributed by atoms with Gasteiger partial charge < -0.3 is 4.74 Å². The van der Waals surface area contributed by atoms with Crippen LogP contribution in [-0.4, -0.2) is 4.98 Å². The van der Waals surface area contributed by atoms with Crippen molar-refractivity contribution in [3.63, 3.8) is 0 Å². The summed E-state index contributed by atoms with van der Waals surface area (Å²) in [4.78, 5) is 5.03. The summed E-state index contributed by atoms with van der Waals surface area (Å²) >= 11 is 0. The predicted octanol–water partition coefficient (Wildman–Crippen LogP) is 5.61.